The van der Waals surface area contributed by atoms with Crippen molar-refractivity contribution in [1.29, 1.82) is 0 Å². The highest BCUT2D eigenvalue weighted by atomic mass is 19.1. The Kier molecular flexibility index (Phi) is 4.81. The Hall–Kier alpha value is -2.07. The number of aliphatic hydroxyl groups is 1. The molecule has 0 aliphatic heterocycles. The molecule has 0 heterocycles. The number of rotatable bonds is 5. The summed E-state index contributed by atoms with van der Waals surface area (Å²) in [7, 11) is 1.56. The summed E-state index contributed by atoms with van der Waals surface area (Å²) in [5, 5.41) is 13.3. The number of nitrogens with one attached hydrogen (secondary N) is 1. The van der Waals surface area contributed by atoms with E-state index in [2.05, 4.69) is 5.32 Å². The van der Waals surface area contributed by atoms with E-state index in [1.54, 1.807) is 19.2 Å². The van der Waals surface area contributed by atoms with Gasteiger partial charge in [-0.15, -0.1) is 0 Å². The summed E-state index contributed by atoms with van der Waals surface area (Å²) in [5.74, 6) is 0.295. The lowest BCUT2D eigenvalue weighted by Crippen LogP contribution is -2.14. The van der Waals surface area contributed by atoms with Crippen LogP contribution in [-0.2, 0) is 0 Å². The predicted molar refractivity (Wildman–Crippen MR) is 82.3 cm³/mol. The van der Waals surface area contributed by atoms with E-state index in [4.69, 9.17) is 4.74 Å². The first kappa shape index (κ1) is 15.3. The van der Waals surface area contributed by atoms with Crippen LogP contribution < -0.4 is 10.1 Å². The minimum absolute atomic E-state index is 0.209. The third-order valence-corrected chi connectivity index (χ3v) is 3.35. The molecule has 2 aromatic rings. The van der Waals surface area contributed by atoms with Gasteiger partial charge in [0, 0.05) is 12.1 Å². The van der Waals surface area contributed by atoms with Crippen LogP contribution in [-0.4, -0.2) is 18.8 Å². The summed E-state index contributed by atoms with van der Waals surface area (Å²) in [6.45, 7) is 4.05. The van der Waals surface area contributed by atoms with Crippen LogP contribution in [0.4, 0.5) is 10.1 Å². The van der Waals surface area contributed by atoms with E-state index in [-0.39, 0.29) is 12.4 Å². The first-order valence-corrected chi connectivity index (χ1v) is 6.84. The minimum atomic E-state index is -0.778. The summed E-state index contributed by atoms with van der Waals surface area (Å²) in [6.07, 6.45) is -0.778. The summed E-state index contributed by atoms with van der Waals surface area (Å²) in [6, 6.07) is 10.5. The normalized spacial score (nSPS) is 12.0. The molecule has 0 bridgehead atoms. The van der Waals surface area contributed by atoms with Gasteiger partial charge in [-0.05, 0) is 43.7 Å². The van der Waals surface area contributed by atoms with Gasteiger partial charge in [-0.1, -0.05) is 17.7 Å². The zero-order valence-electron chi connectivity index (χ0n) is 12.5. The van der Waals surface area contributed by atoms with Gasteiger partial charge in [0.15, 0.2) is 0 Å². The summed E-state index contributed by atoms with van der Waals surface area (Å²) < 4.78 is 18.9. The fourth-order valence-corrected chi connectivity index (χ4v) is 2.21. The Morgan fingerprint density at radius 3 is 2.52 bits per heavy atom. The van der Waals surface area contributed by atoms with Crippen molar-refractivity contribution in [3.05, 3.63) is 58.9 Å². The summed E-state index contributed by atoms with van der Waals surface area (Å²) >= 11 is 0. The highest BCUT2D eigenvalue weighted by Crippen LogP contribution is 2.27. The molecule has 2 rings (SSSR count). The Balaban J connectivity index is 2.13. The molecule has 0 radical (unpaired) electrons. The van der Waals surface area contributed by atoms with Crippen molar-refractivity contribution in [2.75, 3.05) is 19.0 Å². The van der Waals surface area contributed by atoms with E-state index in [0.29, 0.717) is 17.0 Å². The van der Waals surface area contributed by atoms with Crippen LogP contribution >= 0.6 is 0 Å². The van der Waals surface area contributed by atoms with Gasteiger partial charge in [0.25, 0.3) is 0 Å². The largest absolute Gasteiger partial charge is 0.496 e. The van der Waals surface area contributed by atoms with Crippen molar-refractivity contribution in [2.45, 2.75) is 20.0 Å². The number of benzene rings is 2. The Morgan fingerprint density at radius 2 is 1.81 bits per heavy atom. The Bertz CT molecular complexity index is 628. The van der Waals surface area contributed by atoms with E-state index in [0.717, 1.165) is 11.1 Å². The average Bonchev–Trinajstić information content (AvgIpc) is 2.47. The molecule has 0 spiro atoms. The molecule has 21 heavy (non-hydrogen) atoms. The minimum Gasteiger partial charge on any atom is -0.496 e. The van der Waals surface area contributed by atoms with Crippen molar-refractivity contribution in [3.8, 4) is 5.75 Å². The molecule has 1 atom stereocenters. The smallest absolute Gasteiger partial charge is 0.146 e. The van der Waals surface area contributed by atoms with Crippen LogP contribution in [0.3, 0.4) is 0 Å². The van der Waals surface area contributed by atoms with Crippen LogP contribution in [0.5, 0.6) is 5.75 Å². The topological polar surface area (TPSA) is 41.5 Å². The molecule has 3 nitrogen and oxygen atoms in total. The molecule has 0 fully saturated rings. The van der Waals surface area contributed by atoms with Gasteiger partial charge in [0.1, 0.15) is 11.6 Å². The molecular formula is C17H20FNO2. The zero-order chi connectivity index (χ0) is 15.4. The fourth-order valence-electron chi connectivity index (χ4n) is 2.21. The maximum absolute atomic E-state index is 13.7. The van der Waals surface area contributed by atoms with E-state index in [1.807, 2.05) is 32.0 Å². The second kappa shape index (κ2) is 6.59. The molecule has 0 aliphatic rings. The number of aryl methyl sites for hydroxylation is 2. The lowest BCUT2D eigenvalue weighted by atomic mass is 10.0. The van der Waals surface area contributed by atoms with Crippen LogP contribution in [0.25, 0.3) is 0 Å². The molecule has 0 aliphatic carbocycles. The van der Waals surface area contributed by atoms with Crippen molar-refractivity contribution >= 4 is 5.69 Å². The van der Waals surface area contributed by atoms with E-state index in [9.17, 15) is 9.50 Å². The van der Waals surface area contributed by atoms with E-state index in [1.165, 1.54) is 6.07 Å². The number of hydrogen-bond donors (Lipinski definition) is 2. The van der Waals surface area contributed by atoms with Gasteiger partial charge >= 0.3 is 0 Å². The van der Waals surface area contributed by atoms with Crippen molar-refractivity contribution in [2.24, 2.45) is 0 Å². The molecule has 1 unspecified atom stereocenters. The monoisotopic (exact) mass is 289 g/mol. The first-order valence-electron chi connectivity index (χ1n) is 6.84. The van der Waals surface area contributed by atoms with Crippen LogP contribution in [0.1, 0.15) is 22.8 Å². The van der Waals surface area contributed by atoms with Gasteiger partial charge in [0.05, 0.1) is 18.9 Å². The molecule has 4 heteroatoms. The van der Waals surface area contributed by atoms with E-state index < -0.39 is 6.10 Å². The Labute approximate surface area is 124 Å². The molecule has 2 N–H and O–H groups in total. The van der Waals surface area contributed by atoms with Crippen LogP contribution in [0, 0.1) is 19.7 Å². The number of halogens is 1. The zero-order valence-corrected chi connectivity index (χ0v) is 12.5. The molecule has 0 aromatic heterocycles. The highest BCUT2D eigenvalue weighted by Gasteiger charge is 2.14. The molecule has 112 valence electrons. The second-order valence-corrected chi connectivity index (χ2v) is 5.13. The maximum Gasteiger partial charge on any atom is 0.146 e. The number of hydrogen-bond acceptors (Lipinski definition) is 3. The van der Waals surface area contributed by atoms with Gasteiger partial charge < -0.3 is 15.2 Å². The predicted octanol–water partition coefficient (Wildman–Crippen LogP) is 3.60. The van der Waals surface area contributed by atoms with Crippen molar-refractivity contribution < 1.29 is 14.2 Å². The standard InChI is InChI=1S/C17H20FNO2/c1-11-5-7-17(21-3)13(8-11)16(20)10-19-15-9-12(2)4-6-14(15)18/h4-9,16,19-20H,10H2,1-3H3. The first-order chi connectivity index (χ1) is 10.0. The third-order valence-electron chi connectivity index (χ3n) is 3.35. The maximum atomic E-state index is 13.7. The molecule has 0 amide bonds. The van der Waals surface area contributed by atoms with Crippen LogP contribution in [0.2, 0.25) is 0 Å². The van der Waals surface area contributed by atoms with Gasteiger partial charge in [0.2, 0.25) is 0 Å². The van der Waals surface area contributed by atoms with Gasteiger partial charge in [-0.25, -0.2) is 4.39 Å². The lowest BCUT2D eigenvalue weighted by Gasteiger charge is -2.17. The third kappa shape index (κ3) is 3.73. The average molecular weight is 289 g/mol. The Morgan fingerprint density at radius 1 is 1.14 bits per heavy atom. The SMILES string of the molecule is COc1ccc(C)cc1C(O)CNc1cc(C)ccc1F. The molecule has 2 aromatic carbocycles. The quantitative estimate of drug-likeness (QED) is 0.883. The fraction of sp³-hybridized carbons (Fsp3) is 0.294. The second-order valence-electron chi connectivity index (χ2n) is 5.13. The highest BCUT2D eigenvalue weighted by molar-refractivity contribution is 5.48. The van der Waals surface area contributed by atoms with Crippen LogP contribution in [0.15, 0.2) is 36.4 Å². The van der Waals surface area contributed by atoms with Gasteiger partial charge in [-0.3, -0.25) is 0 Å². The molecule has 0 saturated heterocycles. The number of aliphatic hydroxyl groups excluding tert-OH is 1. The lowest BCUT2D eigenvalue weighted by molar-refractivity contribution is 0.186. The van der Waals surface area contributed by atoms with Gasteiger partial charge in [-0.2, -0.15) is 0 Å². The van der Waals surface area contributed by atoms with Crippen molar-refractivity contribution in [3.63, 3.8) is 0 Å². The molecular weight excluding hydrogens is 269 g/mol. The number of methoxy groups -OCH3 is 1. The van der Waals surface area contributed by atoms with E-state index >= 15 is 0 Å². The summed E-state index contributed by atoms with van der Waals surface area (Å²) in [5.41, 5.74) is 3.08. The number of anilines is 1. The number of ether oxygens (including phenoxy) is 1. The van der Waals surface area contributed by atoms with Crippen molar-refractivity contribution in [1.82, 2.24) is 0 Å². The summed E-state index contributed by atoms with van der Waals surface area (Å²) in [4.78, 5) is 0. The molecule has 0 saturated carbocycles.